The molecule has 0 radical (unpaired) electrons. The normalized spacial score (nSPS) is 8.97. The van der Waals surface area contributed by atoms with Crippen LogP contribution in [-0.2, 0) is 31.3 Å². The molecule has 0 saturated heterocycles. The molecule has 0 fully saturated rings. The first-order valence-corrected chi connectivity index (χ1v) is 10.8. The molecule has 0 aliphatic rings. The van der Waals surface area contributed by atoms with Crippen LogP contribution in [0, 0.1) is 35.4 Å². The summed E-state index contributed by atoms with van der Waals surface area (Å²) < 4.78 is 59.6. The van der Waals surface area contributed by atoms with Crippen molar-refractivity contribution in [3.05, 3.63) is 145 Å². The zero-order valence-electron chi connectivity index (χ0n) is 21.1. The molecule has 0 aliphatic carbocycles. The summed E-state index contributed by atoms with van der Waals surface area (Å²) in [6, 6.07) is 27.4. The zero-order chi connectivity index (χ0) is 28.5. The molecule has 0 aromatic heterocycles. The van der Waals surface area contributed by atoms with E-state index in [0.29, 0.717) is 0 Å². The van der Waals surface area contributed by atoms with Crippen molar-refractivity contribution in [2.24, 2.45) is 0 Å². The van der Waals surface area contributed by atoms with Crippen LogP contribution in [0.25, 0.3) is 0 Å². The van der Waals surface area contributed by atoms with Gasteiger partial charge in [0.2, 0.25) is 0 Å². The van der Waals surface area contributed by atoms with Crippen LogP contribution in [0.15, 0.2) is 109 Å². The third-order valence-electron chi connectivity index (χ3n) is 3.87. The van der Waals surface area contributed by atoms with E-state index in [4.69, 9.17) is 0 Å². The SMILES string of the molecule is C=C(C)C(=O)Oc1ccc(F)[c-]c1F.C=C(C)C(=O)Oc1ccc(F)[c-]c1F.[Ti+4].c1cc[cH-]c1.c1cc[cH-]c1. The number of carbonyl (C=O) groups excluding carboxylic acids is 2. The van der Waals surface area contributed by atoms with Crippen LogP contribution in [-0.4, -0.2) is 11.9 Å². The fraction of sp³-hybridized carbons (Fsp3) is 0.0667. The molecule has 4 rings (SSSR count). The number of carbonyl (C=O) groups is 2. The monoisotopic (exact) mass is 572 g/mol. The minimum absolute atomic E-state index is 0. The van der Waals surface area contributed by atoms with Crippen LogP contribution >= 0.6 is 0 Å². The van der Waals surface area contributed by atoms with E-state index in [2.05, 4.69) is 22.6 Å². The van der Waals surface area contributed by atoms with E-state index in [1.165, 1.54) is 13.8 Å². The second-order valence-corrected chi connectivity index (χ2v) is 7.23. The first-order valence-electron chi connectivity index (χ1n) is 10.8. The van der Waals surface area contributed by atoms with Gasteiger partial charge in [0.25, 0.3) is 0 Å². The van der Waals surface area contributed by atoms with Gasteiger partial charge in [-0.15, -0.1) is 36.4 Å². The summed E-state index contributed by atoms with van der Waals surface area (Å²) in [7, 11) is 0. The molecule has 0 saturated carbocycles. The summed E-state index contributed by atoms with van der Waals surface area (Å²) in [5, 5.41) is 0. The third kappa shape index (κ3) is 15.1. The Labute approximate surface area is 239 Å². The van der Waals surface area contributed by atoms with Gasteiger partial charge in [-0.2, -0.15) is 36.4 Å². The van der Waals surface area contributed by atoms with E-state index in [0.717, 1.165) is 24.3 Å². The van der Waals surface area contributed by atoms with E-state index in [9.17, 15) is 27.2 Å². The topological polar surface area (TPSA) is 52.6 Å². The number of halogens is 4. The van der Waals surface area contributed by atoms with Gasteiger partial charge in [0.1, 0.15) is 0 Å². The fourth-order valence-electron chi connectivity index (χ4n) is 2.03. The second kappa shape index (κ2) is 19.1. The smallest absolute Gasteiger partial charge is 0.484 e. The minimum atomic E-state index is -1.04. The standard InChI is InChI=1S/2C10H7F2O2.2C5H5.Ti/c2*1-6(2)10(13)14-9-4-3-7(11)5-8(9)12;2*1-2-4-5-3-1;/h2*3-4H,1H2,2H3;2*1-5H;/q4*-1;+4. The molecule has 0 heterocycles. The molecule has 4 aromatic carbocycles. The fourth-order valence-corrected chi connectivity index (χ4v) is 2.03. The summed E-state index contributed by atoms with van der Waals surface area (Å²) in [5.41, 5.74) is 0.266. The van der Waals surface area contributed by atoms with E-state index in [1.807, 2.05) is 60.7 Å². The predicted molar refractivity (Wildman–Crippen MR) is 135 cm³/mol. The van der Waals surface area contributed by atoms with Crippen molar-refractivity contribution < 1.29 is 58.3 Å². The van der Waals surface area contributed by atoms with Crippen molar-refractivity contribution in [3.63, 3.8) is 0 Å². The molecule has 200 valence electrons. The molecule has 4 aromatic rings. The van der Waals surface area contributed by atoms with Gasteiger partial charge in [-0.3, -0.25) is 0 Å². The van der Waals surface area contributed by atoms with Gasteiger partial charge in [0.05, 0.1) is 23.1 Å². The summed E-state index contributed by atoms with van der Waals surface area (Å²) >= 11 is 0. The molecule has 4 nitrogen and oxygen atoms in total. The Balaban J connectivity index is 0.000000537. The van der Waals surface area contributed by atoms with Crippen LogP contribution in [0.3, 0.4) is 0 Å². The van der Waals surface area contributed by atoms with Gasteiger partial charge in [-0.1, -0.05) is 13.2 Å². The van der Waals surface area contributed by atoms with Crippen LogP contribution in [0.5, 0.6) is 11.5 Å². The summed E-state index contributed by atoms with van der Waals surface area (Å²) in [5.74, 6) is -6.03. The van der Waals surface area contributed by atoms with Gasteiger partial charge in [0, 0.05) is 22.8 Å². The molecule has 0 N–H and O–H groups in total. The predicted octanol–water partition coefficient (Wildman–Crippen LogP) is 7.30. The van der Waals surface area contributed by atoms with E-state index < -0.39 is 35.2 Å². The first kappa shape index (κ1) is 35.0. The number of ether oxygens (including phenoxy) is 2. The maximum atomic E-state index is 12.9. The van der Waals surface area contributed by atoms with Crippen molar-refractivity contribution >= 4 is 11.9 Å². The Morgan fingerprint density at radius 3 is 1.18 bits per heavy atom. The quantitative estimate of drug-likeness (QED) is 0.0643. The Morgan fingerprint density at radius 1 is 0.667 bits per heavy atom. The van der Waals surface area contributed by atoms with Crippen molar-refractivity contribution in [1.29, 1.82) is 0 Å². The second-order valence-electron chi connectivity index (χ2n) is 7.23. The van der Waals surface area contributed by atoms with Crippen LogP contribution in [0.1, 0.15) is 13.8 Å². The van der Waals surface area contributed by atoms with Crippen molar-refractivity contribution in [2.45, 2.75) is 13.8 Å². The van der Waals surface area contributed by atoms with Gasteiger partial charge in [0.15, 0.2) is 0 Å². The number of benzene rings is 2. The largest absolute Gasteiger partial charge is 4.00 e. The van der Waals surface area contributed by atoms with Gasteiger partial charge in [-0.05, 0) is 13.8 Å². The van der Waals surface area contributed by atoms with Gasteiger partial charge in [-0.25, -0.2) is 51.4 Å². The Bertz CT molecular complexity index is 1160. The Morgan fingerprint density at radius 2 is 0.974 bits per heavy atom. The molecule has 0 unspecified atom stereocenters. The molecule has 0 amide bonds. The summed E-state index contributed by atoms with van der Waals surface area (Å²) in [6.45, 7) is 9.48. The van der Waals surface area contributed by atoms with Crippen molar-refractivity contribution in [3.8, 4) is 11.5 Å². The maximum Gasteiger partial charge on any atom is 4.00 e. The molecule has 0 spiro atoms. The van der Waals surface area contributed by atoms with Crippen molar-refractivity contribution in [1.82, 2.24) is 0 Å². The van der Waals surface area contributed by atoms with Crippen molar-refractivity contribution in [2.75, 3.05) is 0 Å². The number of hydrogen-bond donors (Lipinski definition) is 0. The van der Waals surface area contributed by atoms with E-state index >= 15 is 0 Å². The van der Waals surface area contributed by atoms with Crippen LogP contribution in [0.4, 0.5) is 17.6 Å². The average molecular weight is 572 g/mol. The van der Waals surface area contributed by atoms with Crippen LogP contribution in [0.2, 0.25) is 0 Å². The Kier molecular flexibility index (Phi) is 17.2. The average Bonchev–Trinajstić information content (AvgIpc) is 3.62. The van der Waals surface area contributed by atoms with Crippen LogP contribution < -0.4 is 9.47 Å². The molecule has 0 bridgehead atoms. The van der Waals surface area contributed by atoms with E-state index in [1.54, 1.807) is 12.1 Å². The molecule has 9 heteroatoms. The number of hydrogen-bond acceptors (Lipinski definition) is 4. The third-order valence-corrected chi connectivity index (χ3v) is 3.87. The zero-order valence-corrected chi connectivity index (χ0v) is 22.7. The molecule has 0 atom stereocenters. The first-order chi connectivity index (χ1) is 18.0. The number of esters is 2. The van der Waals surface area contributed by atoms with Gasteiger partial charge >= 0.3 is 33.7 Å². The minimum Gasteiger partial charge on any atom is -0.484 e. The molecule has 39 heavy (non-hydrogen) atoms. The Hall–Kier alpha value is -4.01. The molecule has 0 aliphatic heterocycles. The molecular weight excluding hydrogens is 548 g/mol. The summed E-state index contributed by atoms with van der Waals surface area (Å²) in [6.07, 6.45) is 0. The maximum absolute atomic E-state index is 12.9. The van der Waals surface area contributed by atoms with Gasteiger partial charge < -0.3 is 9.47 Å². The number of rotatable bonds is 4. The summed E-state index contributed by atoms with van der Waals surface area (Å²) in [4.78, 5) is 21.9. The molecular formula is C30H24F4O4Ti. The van der Waals surface area contributed by atoms with E-state index in [-0.39, 0.29) is 44.4 Å².